The first kappa shape index (κ1) is 12.8. The molecule has 0 radical (unpaired) electrons. The molecule has 1 aliphatic carbocycles. The molecule has 1 heterocycles. The molecule has 0 aromatic heterocycles. The van der Waals surface area contributed by atoms with Crippen LogP contribution in [0.3, 0.4) is 0 Å². The Morgan fingerprint density at radius 1 is 1.47 bits per heavy atom. The van der Waals surface area contributed by atoms with E-state index in [-0.39, 0.29) is 0 Å². The molecule has 2 atom stereocenters. The van der Waals surface area contributed by atoms with Crippen molar-refractivity contribution in [2.75, 3.05) is 33.7 Å². The van der Waals surface area contributed by atoms with Crippen LogP contribution in [0.4, 0.5) is 0 Å². The van der Waals surface area contributed by atoms with Crippen molar-refractivity contribution in [1.29, 1.82) is 5.26 Å². The zero-order valence-corrected chi connectivity index (χ0v) is 11.0. The monoisotopic (exact) mass is 236 g/mol. The second-order valence-electron chi connectivity index (χ2n) is 5.90. The lowest BCUT2D eigenvalue weighted by atomic mass is 9.94. The lowest BCUT2D eigenvalue weighted by Gasteiger charge is -2.38. The van der Waals surface area contributed by atoms with Gasteiger partial charge in [0.15, 0.2) is 0 Å². The maximum atomic E-state index is 9.28. The fraction of sp³-hybridized carbons (Fsp3) is 0.923. The van der Waals surface area contributed by atoms with E-state index in [9.17, 15) is 5.26 Å². The van der Waals surface area contributed by atoms with Crippen LogP contribution in [-0.2, 0) is 0 Å². The van der Waals surface area contributed by atoms with Gasteiger partial charge in [0.05, 0.1) is 6.07 Å². The summed E-state index contributed by atoms with van der Waals surface area (Å²) in [4.78, 5) is 4.67. The van der Waals surface area contributed by atoms with E-state index in [1.807, 2.05) is 0 Å². The van der Waals surface area contributed by atoms with Gasteiger partial charge in [-0.1, -0.05) is 0 Å². The summed E-state index contributed by atoms with van der Waals surface area (Å²) in [6.45, 7) is 3.01. The number of rotatable bonds is 4. The van der Waals surface area contributed by atoms with Crippen LogP contribution in [0.15, 0.2) is 0 Å². The molecule has 2 rings (SSSR count). The standard InChI is InChI=1S/C13H24N4/c1-16-7-3-4-12(8-16)17(2)10-13(15,9-14)11-5-6-11/h11-12H,3-8,10,15H2,1-2H3. The normalized spacial score (nSPS) is 29.9. The van der Waals surface area contributed by atoms with Crippen LogP contribution in [0.25, 0.3) is 0 Å². The number of nitrogens with two attached hydrogens (primary N) is 1. The summed E-state index contributed by atoms with van der Waals surface area (Å²) < 4.78 is 0. The van der Waals surface area contributed by atoms with Crippen molar-refractivity contribution in [3.8, 4) is 6.07 Å². The minimum absolute atomic E-state index is 0.427. The minimum atomic E-state index is -0.620. The number of nitrogens with zero attached hydrogens (tertiary/aromatic N) is 3. The van der Waals surface area contributed by atoms with Gasteiger partial charge in [0, 0.05) is 19.1 Å². The molecular weight excluding hydrogens is 212 g/mol. The van der Waals surface area contributed by atoms with Crippen molar-refractivity contribution in [1.82, 2.24) is 9.80 Å². The Morgan fingerprint density at radius 3 is 2.71 bits per heavy atom. The number of nitriles is 1. The topological polar surface area (TPSA) is 56.3 Å². The highest BCUT2D eigenvalue weighted by Gasteiger charge is 2.44. The molecule has 2 aliphatic rings. The summed E-state index contributed by atoms with van der Waals surface area (Å²) in [6, 6.07) is 2.90. The average molecular weight is 236 g/mol. The van der Waals surface area contributed by atoms with Gasteiger partial charge in [-0.25, -0.2) is 0 Å². The van der Waals surface area contributed by atoms with E-state index >= 15 is 0 Å². The third-order valence-electron chi connectivity index (χ3n) is 4.25. The second kappa shape index (κ2) is 4.93. The van der Waals surface area contributed by atoms with Gasteiger partial charge in [-0.15, -0.1) is 0 Å². The van der Waals surface area contributed by atoms with Crippen LogP contribution >= 0.6 is 0 Å². The second-order valence-corrected chi connectivity index (χ2v) is 5.90. The summed E-state index contributed by atoms with van der Waals surface area (Å²) in [6.07, 6.45) is 4.73. The molecule has 2 unspecified atom stereocenters. The van der Waals surface area contributed by atoms with Crippen molar-refractivity contribution < 1.29 is 0 Å². The number of likely N-dealkylation sites (N-methyl/N-ethyl adjacent to an activating group) is 2. The van der Waals surface area contributed by atoms with Crippen LogP contribution in [0.5, 0.6) is 0 Å². The van der Waals surface area contributed by atoms with E-state index in [0.29, 0.717) is 18.5 Å². The van der Waals surface area contributed by atoms with Gasteiger partial charge in [0.1, 0.15) is 5.54 Å². The highest BCUT2D eigenvalue weighted by molar-refractivity contribution is 5.14. The van der Waals surface area contributed by atoms with Crippen LogP contribution in [0.2, 0.25) is 0 Å². The van der Waals surface area contributed by atoms with Gasteiger partial charge in [-0.05, 0) is 52.2 Å². The Balaban J connectivity index is 1.91. The summed E-state index contributed by atoms with van der Waals surface area (Å²) in [5, 5.41) is 9.28. The van der Waals surface area contributed by atoms with E-state index in [1.54, 1.807) is 0 Å². The lowest BCUT2D eigenvalue weighted by molar-refractivity contribution is 0.118. The Kier molecular flexibility index (Phi) is 3.72. The zero-order chi connectivity index (χ0) is 12.5. The molecule has 1 aliphatic heterocycles. The van der Waals surface area contributed by atoms with E-state index in [4.69, 9.17) is 5.73 Å². The first-order chi connectivity index (χ1) is 8.05. The van der Waals surface area contributed by atoms with Gasteiger partial charge in [-0.2, -0.15) is 5.26 Å². The average Bonchev–Trinajstić information content (AvgIpc) is 3.13. The summed E-state index contributed by atoms with van der Waals surface area (Å²) in [5.74, 6) is 0.427. The maximum absolute atomic E-state index is 9.28. The molecule has 0 bridgehead atoms. The fourth-order valence-electron chi connectivity index (χ4n) is 2.89. The van der Waals surface area contributed by atoms with Gasteiger partial charge in [-0.3, -0.25) is 4.90 Å². The van der Waals surface area contributed by atoms with Crippen molar-refractivity contribution in [2.45, 2.75) is 37.3 Å². The Labute approximate surface area is 104 Å². The van der Waals surface area contributed by atoms with E-state index in [2.05, 4.69) is 30.0 Å². The van der Waals surface area contributed by atoms with Crippen LogP contribution in [0.1, 0.15) is 25.7 Å². The molecule has 0 spiro atoms. The van der Waals surface area contributed by atoms with E-state index < -0.39 is 5.54 Å². The number of hydrogen-bond donors (Lipinski definition) is 1. The number of piperidine rings is 1. The van der Waals surface area contributed by atoms with Crippen molar-refractivity contribution in [3.05, 3.63) is 0 Å². The highest BCUT2D eigenvalue weighted by atomic mass is 15.2. The maximum Gasteiger partial charge on any atom is 0.119 e. The van der Waals surface area contributed by atoms with E-state index in [1.165, 1.54) is 19.4 Å². The molecule has 0 aromatic rings. The summed E-state index contributed by atoms with van der Waals surface area (Å²) in [5.41, 5.74) is 5.61. The minimum Gasteiger partial charge on any atom is -0.312 e. The third kappa shape index (κ3) is 2.98. The van der Waals surface area contributed by atoms with Crippen LogP contribution < -0.4 is 5.73 Å². The zero-order valence-electron chi connectivity index (χ0n) is 11.0. The molecular formula is C13H24N4. The van der Waals surface area contributed by atoms with E-state index in [0.717, 1.165) is 19.4 Å². The summed E-state index contributed by atoms with van der Waals surface area (Å²) >= 11 is 0. The predicted octanol–water partition coefficient (Wildman–Crippen LogP) is 0.643. The summed E-state index contributed by atoms with van der Waals surface area (Å²) in [7, 11) is 4.28. The highest BCUT2D eigenvalue weighted by Crippen LogP contribution is 2.38. The Morgan fingerprint density at radius 2 is 2.18 bits per heavy atom. The quantitative estimate of drug-likeness (QED) is 0.778. The predicted molar refractivity (Wildman–Crippen MR) is 68.4 cm³/mol. The van der Waals surface area contributed by atoms with Gasteiger partial charge in [0.25, 0.3) is 0 Å². The molecule has 17 heavy (non-hydrogen) atoms. The molecule has 4 heteroatoms. The Hall–Kier alpha value is -0.630. The molecule has 2 N–H and O–H groups in total. The first-order valence-corrected chi connectivity index (χ1v) is 6.64. The van der Waals surface area contributed by atoms with Gasteiger partial charge >= 0.3 is 0 Å². The smallest absolute Gasteiger partial charge is 0.119 e. The molecule has 1 saturated heterocycles. The molecule has 2 fully saturated rings. The Bertz CT molecular complexity index is 307. The third-order valence-corrected chi connectivity index (χ3v) is 4.25. The van der Waals surface area contributed by atoms with Gasteiger partial charge < -0.3 is 10.6 Å². The van der Waals surface area contributed by atoms with Gasteiger partial charge in [0.2, 0.25) is 0 Å². The van der Waals surface area contributed by atoms with Crippen LogP contribution in [-0.4, -0.2) is 55.1 Å². The molecule has 0 amide bonds. The molecule has 0 aromatic carbocycles. The van der Waals surface area contributed by atoms with Crippen molar-refractivity contribution in [2.24, 2.45) is 11.7 Å². The lowest BCUT2D eigenvalue weighted by Crippen LogP contribution is -2.55. The van der Waals surface area contributed by atoms with Crippen molar-refractivity contribution in [3.63, 3.8) is 0 Å². The molecule has 4 nitrogen and oxygen atoms in total. The molecule has 1 saturated carbocycles. The SMILES string of the molecule is CN1CCCC(N(C)CC(N)(C#N)C2CC2)C1. The molecule has 96 valence electrons. The fourth-order valence-corrected chi connectivity index (χ4v) is 2.89. The number of likely N-dealkylation sites (tertiary alicyclic amines) is 1. The first-order valence-electron chi connectivity index (χ1n) is 6.64. The van der Waals surface area contributed by atoms with Crippen LogP contribution in [0, 0.1) is 17.2 Å². The number of hydrogen-bond acceptors (Lipinski definition) is 4. The van der Waals surface area contributed by atoms with Crippen molar-refractivity contribution >= 4 is 0 Å². The largest absolute Gasteiger partial charge is 0.312 e.